The lowest BCUT2D eigenvalue weighted by Gasteiger charge is -2.24. The molecule has 0 aromatic heterocycles. The largest absolute Gasteiger partial charge is 0.395 e. The van der Waals surface area contributed by atoms with Crippen molar-refractivity contribution in [1.82, 2.24) is 10.6 Å². The summed E-state index contributed by atoms with van der Waals surface area (Å²) < 4.78 is 55.8. The summed E-state index contributed by atoms with van der Waals surface area (Å²) in [5, 5.41) is 3.59. The van der Waals surface area contributed by atoms with Gasteiger partial charge in [-0.2, -0.15) is 17.6 Å². The maximum Gasteiger partial charge on any atom is 0.395 e. The molecular weight excluding hydrogens is 400 g/mol. The normalized spacial score (nSPS) is 11.7. The summed E-state index contributed by atoms with van der Waals surface area (Å²) in [6, 6.07) is 18.2. The molecule has 0 heterocycles. The van der Waals surface area contributed by atoms with Crippen molar-refractivity contribution in [2.75, 3.05) is 13.1 Å². The Bertz CT molecular complexity index is 745. The topological polar surface area (TPSA) is 58.2 Å². The number of benzene rings is 2. The summed E-state index contributed by atoms with van der Waals surface area (Å²) in [5.41, 5.74) is 1.86. The van der Waals surface area contributed by atoms with Crippen LogP contribution in [-0.2, 0) is 22.4 Å². The molecule has 162 valence electrons. The van der Waals surface area contributed by atoms with Crippen LogP contribution in [0.15, 0.2) is 60.7 Å². The monoisotopic (exact) mass is 424 g/mol. The van der Waals surface area contributed by atoms with Gasteiger partial charge in [0.25, 0.3) is 11.8 Å². The molecule has 2 N–H and O–H groups in total. The second-order valence-corrected chi connectivity index (χ2v) is 6.84. The Balaban J connectivity index is 1.77. The molecule has 0 aliphatic rings. The Kier molecular flexibility index (Phi) is 8.38. The molecular formula is C22H24F4N2O2. The first-order chi connectivity index (χ1) is 14.2. The van der Waals surface area contributed by atoms with Crippen molar-refractivity contribution in [1.29, 1.82) is 0 Å². The third kappa shape index (κ3) is 6.30. The summed E-state index contributed by atoms with van der Waals surface area (Å²) in [6.45, 7) is -0.420. The number of halogens is 4. The number of hydrogen-bond donors (Lipinski definition) is 2. The second-order valence-electron chi connectivity index (χ2n) is 6.84. The first-order valence-corrected chi connectivity index (χ1v) is 9.65. The molecule has 0 unspecified atom stereocenters. The highest BCUT2D eigenvalue weighted by Gasteiger charge is 2.66. The van der Waals surface area contributed by atoms with E-state index in [-0.39, 0.29) is 13.1 Å². The molecule has 0 atom stereocenters. The predicted molar refractivity (Wildman–Crippen MR) is 105 cm³/mol. The molecule has 0 aliphatic heterocycles. The van der Waals surface area contributed by atoms with Crippen molar-refractivity contribution in [3.63, 3.8) is 0 Å². The number of amides is 2. The summed E-state index contributed by atoms with van der Waals surface area (Å²) in [6.07, 6.45) is 1.57. The zero-order chi connectivity index (χ0) is 22.0. The van der Waals surface area contributed by atoms with Gasteiger partial charge in [0.15, 0.2) is 0 Å². The fourth-order valence-electron chi connectivity index (χ4n) is 2.79. The standard InChI is InChI=1S/C22H24F4N2O2/c23-21(24,19(29)27-15-7-13-17-9-3-1-4-10-17)22(25,26)20(30)28-16-8-14-18-11-5-2-6-12-18/h1-6,9-12H,7-8,13-16H2,(H,27,29)(H,28,30). The Morgan fingerprint density at radius 1 is 0.633 bits per heavy atom. The summed E-state index contributed by atoms with van der Waals surface area (Å²) in [7, 11) is 0. The highest BCUT2D eigenvalue weighted by molar-refractivity contribution is 5.95. The van der Waals surface area contributed by atoms with Gasteiger partial charge in [0.1, 0.15) is 0 Å². The van der Waals surface area contributed by atoms with Crippen LogP contribution in [0.25, 0.3) is 0 Å². The van der Waals surface area contributed by atoms with Gasteiger partial charge in [-0.3, -0.25) is 9.59 Å². The van der Waals surface area contributed by atoms with E-state index in [1.54, 1.807) is 34.9 Å². The third-order valence-corrected chi connectivity index (χ3v) is 4.51. The minimum absolute atomic E-state index is 0.210. The van der Waals surface area contributed by atoms with E-state index in [1.807, 2.05) is 36.4 Å². The van der Waals surface area contributed by atoms with Gasteiger partial charge in [0.2, 0.25) is 0 Å². The molecule has 0 saturated carbocycles. The van der Waals surface area contributed by atoms with Crippen LogP contribution < -0.4 is 10.6 Å². The molecule has 0 aliphatic carbocycles. The van der Waals surface area contributed by atoms with Crippen molar-refractivity contribution < 1.29 is 27.2 Å². The van der Waals surface area contributed by atoms with Gasteiger partial charge < -0.3 is 10.6 Å². The maximum absolute atomic E-state index is 13.9. The summed E-state index contributed by atoms with van der Waals surface area (Å²) >= 11 is 0. The van der Waals surface area contributed by atoms with Crippen molar-refractivity contribution in [2.45, 2.75) is 37.5 Å². The summed E-state index contributed by atoms with van der Waals surface area (Å²) in [4.78, 5) is 23.2. The van der Waals surface area contributed by atoms with Crippen LogP contribution in [0.3, 0.4) is 0 Å². The number of hydrogen-bond acceptors (Lipinski definition) is 2. The predicted octanol–water partition coefficient (Wildman–Crippen LogP) is 3.76. The fraction of sp³-hybridized carbons (Fsp3) is 0.364. The van der Waals surface area contributed by atoms with Gasteiger partial charge in [-0.1, -0.05) is 60.7 Å². The van der Waals surface area contributed by atoms with Crippen molar-refractivity contribution in [3.05, 3.63) is 71.8 Å². The first kappa shape index (κ1) is 23.4. The third-order valence-electron chi connectivity index (χ3n) is 4.51. The smallest absolute Gasteiger partial charge is 0.351 e. The fourth-order valence-corrected chi connectivity index (χ4v) is 2.79. The molecule has 30 heavy (non-hydrogen) atoms. The van der Waals surface area contributed by atoms with Crippen LogP contribution in [0.5, 0.6) is 0 Å². The number of carbonyl (C=O) groups excluding carboxylic acids is 2. The number of alkyl halides is 4. The molecule has 2 rings (SSSR count). The van der Waals surface area contributed by atoms with E-state index in [9.17, 15) is 27.2 Å². The average Bonchev–Trinajstić information content (AvgIpc) is 2.75. The average molecular weight is 424 g/mol. The Morgan fingerprint density at radius 3 is 1.30 bits per heavy atom. The highest BCUT2D eigenvalue weighted by Crippen LogP contribution is 2.34. The van der Waals surface area contributed by atoms with E-state index in [4.69, 9.17) is 0 Å². The number of nitrogens with one attached hydrogen (secondary N) is 2. The molecule has 0 bridgehead atoms. The van der Waals surface area contributed by atoms with Crippen LogP contribution in [-0.4, -0.2) is 36.7 Å². The lowest BCUT2D eigenvalue weighted by molar-refractivity contribution is -0.211. The van der Waals surface area contributed by atoms with Gasteiger partial charge in [-0.15, -0.1) is 0 Å². The Morgan fingerprint density at radius 2 is 0.967 bits per heavy atom. The Hall–Kier alpha value is -2.90. The zero-order valence-electron chi connectivity index (χ0n) is 16.3. The Labute approximate surface area is 172 Å². The van der Waals surface area contributed by atoms with E-state index >= 15 is 0 Å². The van der Waals surface area contributed by atoms with E-state index < -0.39 is 23.7 Å². The quantitative estimate of drug-likeness (QED) is 0.426. The lowest BCUT2D eigenvalue weighted by Crippen LogP contribution is -2.59. The maximum atomic E-state index is 13.9. The van der Waals surface area contributed by atoms with Gasteiger partial charge >= 0.3 is 11.8 Å². The van der Waals surface area contributed by atoms with E-state index in [0.29, 0.717) is 25.7 Å². The van der Waals surface area contributed by atoms with E-state index in [1.165, 1.54) is 0 Å². The minimum atomic E-state index is -5.15. The molecule has 0 saturated heterocycles. The van der Waals surface area contributed by atoms with E-state index in [0.717, 1.165) is 11.1 Å². The minimum Gasteiger partial charge on any atom is -0.351 e. The van der Waals surface area contributed by atoms with Crippen LogP contribution in [0, 0.1) is 0 Å². The summed E-state index contributed by atoms with van der Waals surface area (Å²) in [5.74, 6) is -14.6. The lowest BCUT2D eigenvalue weighted by atomic mass is 10.1. The van der Waals surface area contributed by atoms with Gasteiger partial charge in [-0.05, 0) is 36.8 Å². The molecule has 8 heteroatoms. The molecule has 2 aromatic rings. The van der Waals surface area contributed by atoms with Crippen molar-refractivity contribution >= 4 is 11.8 Å². The molecule has 0 radical (unpaired) electrons. The van der Waals surface area contributed by atoms with Crippen LogP contribution in [0.1, 0.15) is 24.0 Å². The molecule has 2 amide bonds. The SMILES string of the molecule is O=C(NCCCc1ccccc1)C(F)(F)C(F)(F)C(=O)NCCCc1ccccc1. The van der Waals surface area contributed by atoms with E-state index in [2.05, 4.69) is 0 Å². The number of carbonyl (C=O) groups is 2. The number of rotatable bonds is 11. The van der Waals surface area contributed by atoms with Gasteiger partial charge in [0.05, 0.1) is 0 Å². The van der Waals surface area contributed by atoms with Gasteiger partial charge in [0, 0.05) is 13.1 Å². The zero-order valence-corrected chi connectivity index (χ0v) is 16.3. The first-order valence-electron chi connectivity index (χ1n) is 9.65. The molecule has 0 spiro atoms. The molecule has 0 fully saturated rings. The van der Waals surface area contributed by atoms with Crippen LogP contribution in [0.4, 0.5) is 17.6 Å². The van der Waals surface area contributed by atoms with Crippen molar-refractivity contribution in [2.24, 2.45) is 0 Å². The molecule has 4 nitrogen and oxygen atoms in total. The molecule has 2 aromatic carbocycles. The highest BCUT2D eigenvalue weighted by atomic mass is 19.3. The van der Waals surface area contributed by atoms with Crippen molar-refractivity contribution in [3.8, 4) is 0 Å². The van der Waals surface area contributed by atoms with Crippen LogP contribution in [0.2, 0.25) is 0 Å². The second kappa shape index (κ2) is 10.8. The number of aryl methyl sites for hydroxylation is 2. The van der Waals surface area contributed by atoms with Crippen LogP contribution >= 0.6 is 0 Å². The van der Waals surface area contributed by atoms with Gasteiger partial charge in [-0.25, -0.2) is 0 Å².